The minimum Gasteiger partial charge on any atom is -0.378 e. The third-order valence-corrected chi connectivity index (χ3v) is 4.14. The van der Waals surface area contributed by atoms with E-state index < -0.39 is 0 Å². The highest BCUT2D eigenvalue weighted by atomic mass is 32.1. The summed E-state index contributed by atoms with van der Waals surface area (Å²) in [5, 5.41) is 4.22. The van der Waals surface area contributed by atoms with Gasteiger partial charge in [0.25, 0.3) is 0 Å². The fourth-order valence-corrected chi connectivity index (χ4v) is 3.16. The van der Waals surface area contributed by atoms with Gasteiger partial charge in [-0.3, -0.25) is 4.79 Å². The second kappa shape index (κ2) is 6.29. The van der Waals surface area contributed by atoms with Crippen LogP contribution in [0.4, 0.5) is 5.00 Å². The summed E-state index contributed by atoms with van der Waals surface area (Å²) in [6.45, 7) is 5.20. The minimum absolute atomic E-state index is 0.0812. The zero-order valence-electron chi connectivity index (χ0n) is 11.0. The molecule has 0 aliphatic carbocycles. The van der Waals surface area contributed by atoms with Gasteiger partial charge in [0.2, 0.25) is 0 Å². The molecule has 100 valence electrons. The lowest BCUT2D eigenvalue weighted by molar-refractivity contribution is 0.0134. The first-order chi connectivity index (χ1) is 8.68. The molecule has 1 saturated heterocycles. The van der Waals surface area contributed by atoms with Gasteiger partial charge < -0.3 is 10.1 Å². The van der Waals surface area contributed by atoms with Crippen LogP contribution in [0.3, 0.4) is 0 Å². The molecule has 2 rings (SSSR count). The molecule has 1 atom stereocenters. The molecule has 1 aromatic heterocycles. The largest absolute Gasteiger partial charge is 0.378 e. The van der Waals surface area contributed by atoms with Crippen LogP contribution in [-0.4, -0.2) is 29.4 Å². The first kappa shape index (κ1) is 13.5. The summed E-state index contributed by atoms with van der Waals surface area (Å²) in [6, 6.07) is 0. The number of rotatable bonds is 5. The van der Waals surface area contributed by atoms with Crippen molar-refractivity contribution in [2.45, 2.75) is 45.6 Å². The lowest BCUT2D eigenvalue weighted by Gasteiger charge is -2.22. The normalized spacial score (nSPS) is 19.8. The van der Waals surface area contributed by atoms with Gasteiger partial charge in [0.05, 0.1) is 17.4 Å². The maximum Gasteiger partial charge on any atom is 0.164 e. The van der Waals surface area contributed by atoms with Gasteiger partial charge in [-0.05, 0) is 51.1 Å². The fraction of sp³-hybridized carbons (Fsp3) is 0.692. The molecule has 1 N–H and O–H groups in total. The molecule has 5 heteroatoms. The van der Waals surface area contributed by atoms with Crippen molar-refractivity contribution in [1.29, 1.82) is 0 Å². The van der Waals surface area contributed by atoms with E-state index in [1.807, 2.05) is 6.92 Å². The smallest absolute Gasteiger partial charge is 0.164 e. The van der Waals surface area contributed by atoms with Crippen LogP contribution in [0, 0.1) is 6.92 Å². The van der Waals surface area contributed by atoms with E-state index in [1.165, 1.54) is 24.4 Å². The van der Waals surface area contributed by atoms with Crippen LogP contribution < -0.4 is 5.32 Å². The van der Waals surface area contributed by atoms with Gasteiger partial charge in [-0.1, -0.05) is 0 Å². The van der Waals surface area contributed by atoms with E-state index in [2.05, 4.69) is 9.69 Å². The predicted molar refractivity (Wildman–Crippen MR) is 73.6 cm³/mol. The zero-order chi connectivity index (χ0) is 13.0. The molecule has 0 bridgehead atoms. The van der Waals surface area contributed by atoms with Crippen molar-refractivity contribution in [3.8, 4) is 0 Å². The van der Waals surface area contributed by atoms with E-state index in [-0.39, 0.29) is 5.78 Å². The first-order valence-electron chi connectivity index (χ1n) is 6.51. The van der Waals surface area contributed by atoms with E-state index in [9.17, 15) is 4.79 Å². The average Bonchev–Trinajstić information content (AvgIpc) is 2.72. The molecular weight excluding hydrogens is 248 g/mol. The van der Waals surface area contributed by atoms with Crippen LogP contribution in [0.2, 0.25) is 0 Å². The van der Waals surface area contributed by atoms with E-state index in [0.29, 0.717) is 6.10 Å². The molecule has 0 amide bonds. The quantitative estimate of drug-likeness (QED) is 0.834. The summed E-state index contributed by atoms with van der Waals surface area (Å²) in [7, 11) is 0. The first-order valence-corrected chi connectivity index (χ1v) is 7.28. The van der Waals surface area contributed by atoms with Gasteiger partial charge in [-0.15, -0.1) is 0 Å². The number of nitrogens with one attached hydrogen (secondary N) is 1. The van der Waals surface area contributed by atoms with Gasteiger partial charge in [0.15, 0.2) is 5.78 Å². The number of aromatic nitrogens is 1. The highest BCUT2D eigenvalue weighted by molar-refractivity contribution is 7.10. The molecule has 0 aromatic carbocycles. The Kier molecular flexibility index (Phi) is 4.72. The Morgan fingerprint density at radius 3 is 3.06 bits per heavy atom. The number of hydrogen-bond acceptors (Lipinski definition) is 5. The van der Waals surface area contributed by atoms with Crippen molar-refractivity contribution in [1.82, 2.24) is 4.37 Å². The Morgan fingerprint density at radius 2 is 2.39 bits per heavy atom. The van der Waals surface area contributed by atoms with Crippen LogP contribution in [0.15, 0.2) is 0 Å². The molecule has 4 nitrogen and oxygen atoms in total. The van der Waals surface area contributed by atoms with E-state index in [0.717, 1.165) is 42.3 Å². The van der Waals surface area contributed by atoms with Crippen molar-refractivity contribution in [3.05, 3.63) is 11.3 Å². The summed E-state index contributed by atoms with van der Waals surface area (Å²) >= 11 is 1.37. The Bertz CT molecular complexity index is 411. The number of carbonyl (C=O) groups excluding carboxylic acids is 1. The van der Waals surface area contributed by atoms with E-state index in [1.54, 1.807) is 6.92 Å². The molecule has 1 unspecified atom stereocenters. The molecule has 1 aromatic rings. The lowest BCUT2D eigenvalue weighted by Crippen LogP contribution is -2.22. The molecular formula is C13H20N2O2S. The van der Waals surface area contributed by atoms with Gasteiger partial charge in [0.1, 0.15) is 5.00 Å². The summed E-state index contributed by atoms with van der Waals surface area (Å²) in [5.41, 5.74) is 1.56. The van der Waals surface area contributed by atoms with E-state index in [4.69, 9.17) is 4.74 Å². The topological polar surface area (TPSA) is 51.2 Å². The van der Waals surface area contributed by atoms with Gasteiger partial charge in [0, 0.05) is 13.2 Å². The Balaban J connectivity index is 1.84. The van der Waals surface area contributed by atoms with Crippen LogP contribution in [-0.2, 0) is 4.74 Å². The van der Waals surface area contributed by atoms with Gasteiger partial charge >= 0.3 is 0 Å². The second-order valence-electron chi connectivity index (χ2n) is 4.73. The van der Waals surface area contributed by atoms with E-state index >= 15 is 0 Å². The summed E-state index contributed by atoms with van der Waals surface area (Å²) in [6.07, 6.45) is 4.98. The molecule has 0 radical (unpaired) electrons. The van der Waals surface area contributed by atoms with Crippen molar-refractivity contribution in [3.63, 3.8) is 0 Å². The lowest BCUT2D eigenvalue weighted by atomic mass is 10.1. The second-order valence-corrected chi connectivity index (χ2v) is 5.51. The summed E-state index contributed by atoms with van der Waals surface area (Å²) in [5.74, 6) is 0.0812. The number of hydrogen-bond donors (Lipinski definition) is 1. The molecule has 1 fully saturated rings. The van der Waals surface area contributed by atoms with Crippen LogP contribution in [0.5, 0.6) is 0 Å². The maximum absolute atomic E-state index is 11.5. The number of ether oxygens (including phenoxy) is 1. The number of aryl methyl sites for hydroxylation is 1. The Hall–Kier alpha value is -0.940. The number of Topliss-reactive ketones (excluding diaryl/α,β-unsaturated/α-hetero) is 1. The molecule has 2 heterocycles. The Labute approximate surface area is 112 Å². The summed E-state index contributed by atoms with van der Waals surface area (Å²) in [4.78, 5) is 11.5. The average molecular weight is 268 g/mol. The SMILES string of the molecule is CC(=O)c1c(C)nsc1NCCC1CCCCO1. The standard InChI is InChI=1S/C13H20N2O2S/c1-9-12(10(2)16)13(18-15-9)14-7-6-11-5-3-4-8-17-11/h11,14H,3-8H2,1-2H3. The highest BCUT2D eigenvalue weighted by Crippen LogP contribution is 2.25. The van der Waals surface area contributed by atoms with Crippen LogP contribution in [0.25, 0.3) is 0 Å². The third kappa shape index (κ3) is 3.29. The molecule has 1 aliphatic heterocycles. The predicted octanol–water partition coefficient (Wildman–Crippen LogP) is 3.03. The van der Waals surface area contributed by atoms with Crippen molar-refractivity contribution in [2.75, 3.05) is 18.5 Å². The summed E-state index contributed by atoms with van der Waals surface area (Å²) < 4.78 is 9.91. The minimum atomic E-state index is 0.0812. The van der Waals surface area contributed by atoms with Crippen molar-refractivity contribution < 1.29 is 9.53 Å². The van der Waals surface area contributed by atoms with Gasteiger partial charge in [-0.25, -0.2) is 0 Å². The number of nitrogens with zero attached hydrogens (tertiary/aromatic N) is 1. The maximum atomic E-state index is 11.5. The van der Waals surface area contributed by atoms with Crippen LogP contribution >= 0.6 is 11.5 Å². The van der Waals surface area contributed by atoms with Crippen LogP contribution in [0.1, 0.15) is 48.7 Å². The molecule has 0 spiro atoms. The fourth-order valence-electron chi connectivity index (χ4n) is 2.29. The van der Waals surface area contributed by atoms with Crippen molar-refractivity contribution in [2.24, 2.45) is 0 Å². The molecule has 1 aliphatic rings. The van der Waals surface area contributed by atoms with Crippen molar-refractivity contribution >= 4 is 22.3 Å². The highest BCUT2D eigenvalue weighted by Gasteiger charge is 2.16. The third-order valence-electron chi connectivity index (χ3n) is 3.24. The zero-order valence-corrected chi connectivity index (χ0v) is 11.8. The molecule has 0 saturated carbocycles. The Morgan fingerprint density at radius 1 is 1.56 bits per heavy atom. The van der Waals surface area contributed by atoms with Gasteiger partial charge in [-0.2, -0.15) is 4.37 Å². The molecule has 18 heavy (non-hydrogen) atoms. The number of carbonyl (C=O) groups is 1. The monoisotopic (exact) mass is 268 g/mol. The number of anilines is 1. The number of ketones is 1.